The first kappa shape index (κ1) is 12.7. The lowest BCUT2D eigenvalue weighted by molar-refractivity contribution is 0.287. The Bertz CT molecular complexity index is 462. The van der Waals surface area contributed by atoms with Gasteiger partial charge >= 0.3 is 0 Å². The van der Waals surface area contributed by atoms with Crippen molar-refractivity contribution in [2.45, 2.75) is 12.8 Å². The highest BCUT2D eigenvalue weighted by molar-refractivity contribution is 7.92. The molecule has 0 saturated carbocycles. The van der Waals surface area contributed by atoms with Crippen LogP contribution in [0.3, 0.4) is 0 Å². The lowest BCUT2D eigenvalue weighted by Gasteiger charge is -2.05. The van der Waals surface area contributed by atoms with Crippen LogP contribution in [0.5, 0.6) is 0 Å². The molecule has 0 aliphatic carbocycles. The van der Waals surface area contributed by atoms with Gasteiger partial charge in [-0.15, -0.1) is 0 Å². The Morgan fingerprint density at radius 2 is 2.12 bits per heavy atom. The molecule has 0 saturated heterocycles. The van der Waals surface area contributed by atoms with Crippen LogP contribution in [0.4, 0.5) is 5.82 Å². The van der Waals surface area contributed by atoms with Crippen molar-refractivity contribution in [3.63, 3.8) is 0 Å². The van der Waals surface area contributed by atoms with Crippen LogP contribution in [0.1, 0.15) is 12.8 Å². The van der Waals surface area contributed by atoms with Crippen molar-refractivity contribution < 1.29 is 13.5 Å². The zero-order valence-corrected chi connectivity index (χ0v) is 9.33. The second kappa shape index (κ2) is 5.61. The Morgan fingerprint density at radius 3 is 2.69 bits per heavy atom. The second-order valence-corrected chi connectivity index (χ2v) is 5.00. The third-order valence-electron chi connectivity index (χ3n) is 1.76. The Hall–Kier alpha value is -1.41. The average molecular weight is 247 g/mol. The van der Waals surface area contributed by atoms with Crippen molar-refractivity contribution in [3.8, 4) is 0 Å². The van der Waals surface area contributed by atoms with E-state index in [0.29, 0.717) is 12.8 Å². The van der Waals surface area contributed by atoms with E-state index in [9.17, 15) is 13.2 Å². The summed E-state index contributed by atoms with van der Waals surface area (Å²) in [5.41, 5.74) is -0.400. The normalized spacial score (nSPS) is 11.3. The molecule has 1 heterocycles. The van der Waals surface area contributed by atoms with Crippen molar-refractivity contribution in [1.29, 1.82) is 0 Å². The summed E-state index contributed by atoms with van der Waals surface area (Å²) in [4.78, 5) is 10.7. The summed E-state index contributed by atoms with van der Waals surface area (Å²) in [6.07, 6.45) is 0.801. The largest absolute Gasteiger partial charge is 0.396 e. The third-order valence-corrected chi connectivity index (χ3v) is 3.11. The molecule has 0 radical (unpaired) electrons. The minimum atomic E-state index is -3.47. The van der Waals surface area contributed by atoms with E-state index in [1.54, 1.807) is 0 Å². The topological polar surface area (TPSA) is 112 Å². The fourth-order valence-electron chi connectivity index (χ4n) is 1.02. The zero-order chi connectivity index (χ0) is 12.0. The van der Waals surface area contributed by atoms with Crippen LogP contribution in [0.25, 0.3) is 0 Å². The number of aliphatic hydroxyl groups is 1. The summed E-state index contributed by atoms with van der Waals surface area (Å²) in [5, 5.41) is 14.1. The molecule has 0 amide bonds. The first-order valence-electron chi connectivity index (χ1n) is 4.70. The monoisotopic (exact) mass is 247 g/mol. The first-order chi connectivity index (χ1) is 7.53. The van der Waals surface area contributed by atoms with E-state index in [4.69, 9.17) is 5.11 Å². The predicted octanol–water partition coefficient (Wildman–Crippen LogP) is -0.716. The van der Waals surface area contributed by atoms with E-state index in [1.807, 2.05) is 0 Å². The molecule has 1 aromatic rings. The van der Waals surface area contributed by atoms with E-state index in [0.717, 1.165) is 0 Å². The molecule has 0 bridgehead atoms. The van der Waals surface area contributed by atoms with Gasteiger partial charge in [0.2, 0.25) is 10.0 Å². The molecule has 0 aliphatic rings. The molecule has 1 rings (SSSR count). The van der Waals surface area contributed by atoms with E-state index in [2.05, 4.69) is 14.9 Å². The van der Waals surface area contributed by atoms with Gasteiger partial charge in [0.25, 0.3) is 5.56 Å². The number of unbranched alkanes of at least 4 members (excludes halogenated alkanes) is 1. The van der Waals surface area contributed by atoms with Gasteiger partial charge in [-0.05, 0) is 18.9 Å². The first-order valence-corrected chi connectivity index (χ1v) is 6.36. The standard InChI is InChI=1S/C8H13N3O4S/c12-5-1-2-6-16(14,15)11-7-3-4-8(13)10-9-7/h3-4,12H,1-2,5-6H2,(H,9,11)(H,10,13). The number of hydrogen-bond donors (Lipinski definition) is 3. The number of anilines is 1. The highest BCUT2D eigenvalue weighted by Crippen LogP contribution is 2.03. The molecule has 0 atom stereocenters. The van der Waals surface area contributed by atoms with Gasteiger partial charge in [0.15, 0.2) is 5.82 Å². The van der Waals surface area contributed by atoms with Crippen LogP contribution in [-0.4, -0.2) is 36.1 Å². The number of nitrogens with zero attached hydrogens (tertiary/aromatic N) is 1. The van der Waals surface area contributed by atoms with Crippen LogP contribution in [0, 0.1) is 0 Å². The smallest absolute Gasteiger partial charge is 0.264 e. The number of rotatable bonds is 6. The van der Waals surface area contributed by atoms with Crippen molar-refractivity contribution >= 4 is 15.8 Å². The molecule has 0 spiro atoms. The number of hydrogen-bond acceptors (Lipinski definition) is 5. The van der Waals surface area contributed by atoms with Crippen LogP contribution in [0.2, 0.25) is 0 Å². The average Bonchev–Trinajstić information content (AvgIpc) is 2.21. The molecule has 0 aliphatic heterocycles. The summed E-state index contributed by atoms with van der Waals surface area (Å²) in [7, 11) is -3.47. The Labute approximate surface area is 92.6 Å². The number of aliphatic hydroxyl groups excluding tert-OH is 1. The van der Waals surface area contributed by atoms with Gasteiger partial charge in [0.1, 0.15) is 0 Å². The molecule has 0 aromatic carbocycles. The minimum absolute atomic E-state index is 0.0353. The number of H-pyrrole nitrogens is 1. The number of sulfonamides is 1. The molecule has 0 unspecified atom stereocenters. The quantitative estimate of drug-likeness (QED) is 0.574. The molecule has 8 heteroatoms. The maximum Gasteiger partial charge on any atom is 0.264 e. The van der Waals surface area contributed by atoms with E-state index in [-0.39, 0.29) is 18.2 Å². The number of aromatic amines is 1. The van der Waals surface area contributed by atoms with Crippen LogP contribution < -0.4 is 10.3 Å². The number of nitrogens with one attached hydrogen (secondary N) is 2. The Kier molecular flexibility index (Phi) is 4.44. The van der Waals surface area contributed by atoms with Gasteiger partial charge in [0.05, 0.1) is 5.75 Å². The summed E-state index contributed by atoms with van der Waals surface area (Å²) < 4.78 is 25.1. The van der Waals surface area contributed by atoms with Gasteiger partial charge in [0, 0.05) is 12.7 Å². The van der Waals surface area contributed by atoms with Crippen LogP contribution in [-0.2, 0) is 10.0 Å². The molecule has 90 valence electrons. The molecule has 3 N–H and O–H groups in total. The highest BCUT2D eigenvalue weighted by atomic mass is 32.2. The molecule has 1 aromatic heterocycles. The Balaban J connectivity index is 2.58. The summed E-state index contributed by atoms with van der Waals surface area (Å²) >= 11 is 0. The Morgan fingerprint density at radius 1 is 1.38 bits per heavy atom. The third kappa shape index (κ3) is 4.41. The van der Waals surface area contributed by atoms with E-state index >= 15 is 0 Å². The van der Waals surface area contributed by atoms with E-state index in [1.165, 1.54) is 12.1 Å². The molecule has 16 heavy (non-hydrogen) atoms. The van der Waals surface area contributed by atoms with Gasteiger partial charge < -0.3 is 5.11 Å². The van der Waals surface area contributed by atoms with Crippen LogP contribution >= 0.6 is 0 Å². The zero-order valence-electron chi connectivity index (χ0n) is 8.51. The van der Waals surface area contributed by atoms with E-state index < -0.39 is 15.6 Å². The number of aromatic nitrogens is 2. The maximum absolute atomic E-state index is 11.4. The van der Waals surface area contributed by atoms with Crippen molar-refractivity contribution in [2.75, 3.05) is 17.1 Å². The van der Waals surface area contributed by atoms with Crippen molar-refractivity contribution in [1.82, 2.24) is 10.2 Å². The summed E-state index contributed by atoms with van der Waals surface area (Å²) in [6, 6.07) is 2.46. The summed E-state index contributed by atoms with van der Waals surface area (Å²) in [6.45, 7) is -0.0353. The van der Waals surface area contributed by atoms with Gasteiger partial charge in [-0.25, -0.2) is 13.5 Å². The molecule has 0 fully saturated rings. The van der Waals surface area contributed by atoms with Crippen molar-refractivity contribution in [3.05, 3.63) is 22.5 Å². The minimum Gasteiger partial charge on any atom is -0.396 e. The highest BCUT2D eigenvalue weighted by Gasteiger charge is 2.10. The van der Waals surface area contributed by atoms with Gasteiger partial charge in [-0.1, -0.05) is 0 Å². The maximum atomic E-state index is 11.4. The fourth-order valence-corrected chi connectivity index (χ4v) is 2.13. The lowest BCUT2D eigenvalue weighted by Crippen LogP contribution is -2.19. The van der Waals surface area contributed by atoms with Gasteiger partial charge in [-0.2, -0.15) is 5.10 Å². The lowest BCUT2D eigenvalue weighted by atomic mass is 10.4. The second-order valence-electron chi connectivity index (χ2n) is 3.16. The van der Waals surface area contributed by atoms with Crippen LogP contribution in [0.15, 0.2) is 16.9 Å². The van der Waals surface area contributed by atoms with Gasteiger partial charge in [-0.3, -0.25) is 9.52 Å². The van der Waals surface area contributed by atoms with Crippen molar-refractivity contribution in [2.24, 2.45) is 0 Å². The molecular formula is C8H13N3O4S. The molecule has 7 nitrogen and oxygen atoms in total. The predicted molar refractivity (Wildman–Crippen MR) is 58.6 cm³/mol. The molecular weight excluding hydrogens is 234 g/mol. The summed E-state index contributed by atoms with van der Waals surface area (Å²) in [5.74, 6) is -0.0161. The fraction of sp³-hybridized carbons (Fsp3) is 0.500. The SMILES string of the molecule is O=c1ccc(NS(=O)(=O)CCCCO)n[nH]1.